The molecule has 6 heteroatoms. The molecule has 0 fully saturated rings. The summed E-state index contributed by atoms with van der Waals surface area (Å²) in [6.07, 6.45) is 1.75. The van der Waals surface area contributed by atoms with Crippen LogP contribution in [0.3, 0.4) is 0 Å². The van der Waals surface area contributed by atoms with Gasteiger partial charge in [-0.2, -0.15) is 5.10 Å². The maximum atomic E-state index is 13.7. The lowest BCUT2D eigenvalue weighted by molar-refractivity contribution is -0.123. The van der Waals surface area contributed by atoms with Gasteiger partial charge in [-0.1, -0.05) is 36.4 Å². The second-order valence-corrected chi connectivity index (χ2v) is 7.94. The minimum Gasteiger partial charge on any atom is -0.442 e. The van der Waals surface area contributed by atoms with E-state index >= 15 is 0 Å². The van der Waals surface area contributed by atoms with Gasteiger partial charge < -0.3 is 10.1 Å². The van der Waals surface area contributed by atoms with Gasteiger partial charge >= 0.3 is 0 Å². The van der Waals surface area contributed by atoms with Crippen molar-refractivity contribution in [1.29, 1.82) is 0 Å². The maximum Gasteiger partial charge on any atom is 0.244 e. The highest BCUT2D eigenvalue weighted by Crippen LogP contribution is 2.56. The molecule has 30 heavy (non-hydrogen) atoms. The number of aryl methyl sites for hydroxylation is 1. The van der Waals surface area contributed by atoms with Gasteiger partial charge in [-0.05, 0) is 31.5 Å². The predicted octanol–water partition coefficient (Wildman–Crippen LogP) is 3.82. The molecule has 0 saturated carbocycles. The number of benzene rings is 2. The molecule has 1 spiro atoms. The molecular weight excluding hydrogens is 378 g/mol. The summed E-state index contributed by atoms with van der Waals surface area (Å²) in [6.45, 7) is 1.87. The molecule has 2 aromatic carbocycles. The molecule has 0 saturated heterocycles. The third-order valence-corrected chi connectivity index (χ3v) is 6.27. The highest BCUT2D eigenvalue weighted by Gasteiger charge is 2.60. The maximum absolute atomic E-state index is 13.7. The lowest BCUT2D eigenvalue weighted by atomic mass is 9.65. The van der Waals surface area contributed by atoms with E-state index in [0.717, 1.165) is 16.9 Å². The Labute approximate surface area is 173 Å². The Bertz CT molecular complexity index is 1270. The van der Waals surface area contributed by atoms with Crippen molar-refractivity contribution in [2.24, 2.45) is 0 Å². The number of nitrogens with one attached hydrogen (secondary N) is 1. The van der Waals surface area contributed by atoms with E-state index < -0.39 is 5.41 Å². The van der Waals surface area contributed by atoms with Gasteiger partial charge in [-0.25, -0.2) is 4.68 Å². The molecular formula is C24H19N3O3. The number of hydrogen-bond acceptors (Lipinski definition) is 4. The van der Waals surface area contributed by atoms with Gasteiger partial charge in [0.2, 0.25) is 11.8 Å². The number of ether oxygens (including phenoxy) is 1. The minimum atomic E-state index is -1.23. The molecule has 2 aliphatic heterocycles. The van der Waals surface area contributed by atoms with E-state index in [9.17, 15) is 9.59 Å². The van der Waals surface area contributed by atoms with Gasteiger partial charge in [0, 0.05) is 24.1 Å². The quantitative estimate of drug-likeness (QED) is 0.678. The summed E-state index contributed by atoms with van der Waals surface area (Å²) in [5, 5.41) is 7.76. The summed E-state index contributed by atoms with van der Waals surface area (Å²) in [7, 11) is 0. The molecule has 1 aliphatic carbocycles. The Hall–Kier alpha value is -3.67. The van der Waals surface area contributed by atoms with Gasteiger partial charge in [-0.15, -0.1) is 0 Å². The molecule has 1 aromatic heterocycles. The van der Waals surface area contributed by atoms with Crippen LogP contribution in [0, 0.1) is 6.92 Å². The molecule has 3 heterocycles. The first-order valence-corrected chi connectivity index (χ1v) is 10.1. The van der Waals surface area contributed by atoms with Crippen LogP contribution in [-0.2, 0) is 15.0 Å². The zero-order chi connectivity index (χ0) is 20.5. The summed E-state index contributed by atoms with van der Waals surface area (Å²) >= 11 is 0. The van der Waals surface area contributed by atoms with Crippen LogP contribution in [0.25, 0.3) is 5.69 Å². The number of para-hydroxylation sites is 2. The number of carbonyl (C=O) groups is 2. The van der Waals surface area contributed by atoms with E-state index in [1.165, 1.54) is 0 Å². The first-order valence-electron chi connectivity index (χ1n) is 10.1. The number of allylic oxidation sites excluding steroid dienone is 1. The molecule has 0 radical (unpaired) electrons. The largest absolute Gasteiger partial charge is 0.442 e. The van der Waals surface area contributed by atoms with E-state index in [4.69, 9.17) is 9.84 Å². The second kappa shape index (κ2) is 5.92. The number of anilines is 1. The molecule has 0 bridgehead atoms. The zero-order valence-electron chi connectivity index (χ0n) is 16.4. The Morgan fingerprint density at radius 3 is 2.63 bits per heavy atom. The molecule has 6 nitrogen and oxygen atoms in total. The molecule has 1 atom stereocenters. The normalized spacial score (nSPS) is 21.8. The highest BCUT2D eigenvalue weighted by atomic mass is 16.5. The fourth-order valence-corrected chi connectivity index (χ4v) is 5.11. The number of hydrogen-bond donors (Lipinski definition) is 1. The molecule has 3 aromatic rings. The summed E-state index contributed by atoms with van der Waals surface area (Å²) < 4.78 is 8.08. The molecule has 6 rings (SSSR count). The minimum absolute atomic E-state index is 0.0272. The number of Topliss-reactive ketones (excluding diaryl/α,β-unsaturated/α-hetero) is 1. The summed E-state index contributed by atoms with van der Waals surface area (Å²) in [6, 6.07) is 17.3. The molecule has 0 unspecified atom stereocenters. The Morgan fingerprint density at radius 2 is 1.80 bits per heavy atom. The Morgan fingerprint density at radius 1 is 1.03 bits per heavy atom. The van der Waals surface area contributed by atoms with Gasteiger partial charge in [0.15, 0.2) is 5.78 Å². The average molecular weight is 397 g/mol. The molecule has 1 amide bonds. The Balaban J connectivity index is 1.73. The van der Waals surface area contributed by atoms with Gasteiger partial charge in [0.05, 0.1) is 22.5 Å². The number of carbonyl (C=O) groups excluding carboxylic acids is 2. The van der Waals surface area contributed by atoms with Crippen molar-refractivity contribution in [2.75, 3.05) is 5.32 Å². The van der Waals surface area contributed by atoms with Crippen LogP contribution in [0.2, 0.25) is 0 Å². The molecule has 3 aliphatic rings. The summed E-state index contributed by atoms with van der Waals surface area (Å²) in [4.78, 5) is 26.9. The van der Waals surface area contributed by atoms with Crippen molar-refractivity contribution in [3.05, 3.63) is 82.8 Å². The average Bonchev–Trinajstić information content (AvgIpc) is 3.24. The van der Waals surface area contributed by atoms with E-state index in [2.05, 4.69) is 5.32 Å². The van der Waals surface area contributed by atoms with Crippen molar-refractivity contribution in [1.82, 2.24) is 9.78 Å². The van der Waals surface area contributed by atoms with Crippen LogP contribution in [0.1, 0.15) is 36.1 Å². The highest BCUT2D eigenvalue weighted by molar-refractivity contribution is 6.19. The van der Waals surface area contributed by atoms with Crippen molar-refractivity contribution in [2.45, 2.75) is 31.6 Å². The summed E-state index contributed by atoms with van der Waals surface area (Å²) in [5.41, 5.74) is 2.93. The standard InChI is InChI=1S/C24H19N3O3/c1-14-20-22(27(26-14)15-8-3-2-4-9-15)30-19-13-7-12-18(28)21(19)24(20)16-10-5-6-11-17(16)25-23(24)29/h2-6,8-11H,7,12-13H2,1H3,(H,25,29)/t24-/m1/s1. The van der Waals surface area contributed by atoms with Crippen LogP contribution in [0.15, 0.2) is 65.9 Å². The summed E-state index contributed by atoms with van der Waals surface area (Å²) in [5.74, 6) is 0.856. The SMILES string of the molecule is Cc1nn(-c2ccccc2)c2c1[C@@]1(C(=O)Nc3ccccc31)C1=C(CCCC1=O)O2. The van der Waals surface area contributed by atoms with Crippen LogP contribution in [0.5, 0.6) is 5.88 Å². The Kier molecular flexibility index (Phi) is 3.40. The van der Waals surface area contributed by atoms with Crippen LogP contribution < -0.4 is 10.1 Å². The first kappa shape index (κ1) is 17.2. The smallest absolute Gasteiger partial charge is 0.244 e. The van der Waals surface area contributed by atoms with E-state index in [1.807, 2.05) is 61.5 Å². The number of ketones is 1. The van der Waals surface area contributed by atoms with Gasteiger partial charge in [-0.3, -0.25) is 9.59 Å². The van der Waals surface area contributed by atoms with Crippen molar-refractivity contribution >= 4 is 17.4 Å². The topological polar surface area (TPSA) is 73.2 Å². The van der Waals surface area contributed by atoms with Gasteiger partial charge in [0.1, 0.15) is 11.2 Å². The fraction of sp³-hybridized carbons (Fsp3) is 0.208. The number of amides is 1. The number of fused-ring (bicyclic) bond motifs is 5. The third-order valence-electron chi connectivity index (χ3n) is 6.27. The van der Waals surface area contributed by atoms with E-state index in [1.54, 1.807) is 4.68 Å². The van der Waals surface area contributed by atoms with Crippen LogP contribution in [-0.4, -0.2) is 21.5 Å². The monoisotopic (exact) mass is 397 g/mol. The third kappa shape index (κ3) is 2.00. The lowest BCUT2D eigenvalue weighted by Gasteiger charge is -2.37. The van der Waals surface area contributed by atoms with Crippen molar-refractivity contribution in [3.8, 4) is 11.6 Å². The zero-order valence-corrected chi connectivity index (χ0v) is 16.4. The number of rotatable bonds is 1. The lowest BCUT2D eigenvalue weighted by Crippen LogP contribution is -2.45. The first-order chi connectivity index (χ1) is 14.6. The van der Waals surface area contributed by atoms with Crippen LogP contribution >= 0.6 is 0 Å². The second-order valence-electron chi connectivity index (χ2n) is 7.94. The molecule has 148 valence electrons. The van der Waals surface area contributed by atoms with Gasteiger partial charge in [0.25, 0.3) is 0 Å². The van der Waals surface area contributed by atoms with Crippen molar-refractivity contribution in [3.63, 3.8) is 0 Å². The number of nitrogens with zero attached hydrogens (tertiary/aromatic N) is 2. The van der Waals surface area contributed by atoms with E-state index in [-0.39, 0.29) is 11.7 Å². The van der Waals surface area contributed by atoms with Crippen molar-refractivity contribution < 1.29 is 14.3 Å². The number of aromatic nitrogens is 2. The predicted molar refractivity (Wildman–Crippen MR) is 111 cm³/mol. The van der Waals surface area contributed by atoms with Crippen LogP contribution in [0.4, 0.5) is 5.69 Å². The van der Waals surface area contributed by atoms with E-state index in [0.29, 0.717) is 47.7 Å². The fourth-order valence-electron chi connectivity index (χ4n) is 5.11. The molecule has 1 N–H and O–H groups in total.